The quantitative estimate of drug-likeness (QED) is 0.614. The molecular formula is C22H22N2OS2. The first-order valence-electron chi connectivity index (χ1n) is 9.04. The van der Waals surface area contributed by atoms with Crippen LogP contribution in [0.1, 0.15) is 22.0 Å². The number of fused-ring (bicyclic) bond motifs is 1. The van der Waals surface area contributed by atoms with Gasteiger partial charge in [-0.05, 0) is 47.4 Å². The van der Waals surface area contributed by atoms with Gasteiger partial charge in [-0.1, -0.05) is 42.5 Å². The molecule has 0 saturated heterocycles. The largest absolute Gasteiger partial charge is 0.324 e. The van der Waals surface area contributed by atoms with Gasteiger partial charge in [0.05, 0.1) is 18.3 Å². The Morgan fingerprint density at radius 2 is 1.93 bits per heavy atom. The van der Waals surface area contributed by atoms with Gasteiger partial charge in [0.15, 0.2) is 0 Å². The number of thiophene rings is 1. The van der Waals surface area contributed by atoms with Crippen LogP contribution >= 0.6 is 23.1 Å². The Balaban J connectivity index is 1.56. The smallest absolute Gasteiger partial charge is 0.238 e. The zero-order valence-electron chi connectivity index (χ0n) is 15.2. The molecule has 2 aromatic carbocycles. The van der Waals surface area contributed by atoms with E-state index in [4.69, 9.17) is 0 Å². The maximum Gasteiger partial charge on any atom is 0.238 e. The average Bonchev–Trinajstić information content (AvgIpc) is 3.17. The van der Waals surface area contributed by atoms with Gasteiger partial charge >= 0.3 is 0 Å². The predicted molar refractivity (Wildman–Crippen MR) is 115 cm³/mol. The van der Waals surface area contributed by atoms with E-state index >= 15 is 0 Å². The highest BCUT2D eigenvalue weighted by molar-refractivity contribution is 7.98. The molecule has 4 rings (SSSR count). The number of hydrogen-bond donors (Lipinski definition) is 1. The van der Waals surface area contributed by atoms with Gasteiger partial charge in [0.2, 0.25) is 5.91 Å². The number of amides is 1. The summed E-state index contributed by atoms with van der Waals surface area (Å²) < 4.78 is 0. The Labute approximate surface area is 168 Å². The lowest BCUT2D eigenvalue weighted by molar-refractivity contribution is -0.117. The van der Waals surface area contributed by atoms with Gasteiger partial charge < -0.3 is 5.32 Å². The molecule has 2 heterocycles. The summed E-state index contributed by atoms with van der Waals surface area (Å²) in [6, 6.07) is 20.8. The predicted octanol–water partition coefficient (Wildman–Crippen LogP) is 5.06. The summed E-state index contributed by atoms with van der Waals surface area (Å²) in [5, 5.41) is 5.27. The Kier molecular flexibility index (Phi) is 5.62. The Hall–Kier alpha value is -2.08. The molecule has 0 radical (unpaired) electrons. The van der Waals surface area contributed by atoms with Crippen molar-refractivity contribution in [2.24, 2.45) is 0 Å². The van der Waals surface area contributed by atoms with E-state index in [2.05, 4.69) is 45.9 Å². The van der Waals surface area contributed by atoms with E-state index in [-0.39, 0.29) is 11.9 Å². The monoisotopic (exact) mass is 394 g/mol. The van der Waals surface area contributed by atoms with Gasteiger partial charge in [-0.3, -0.25) is 9.69 Å². The average molecular weight is 395 g/mol. The maximum absolute atomic E-state index is 12.8. The Morgan fingerprint density at radius 3 is 2.74 bits per heavy atom. The number of carbonyl (C=O) groups is 1. The van der Waals surface area contributed by atoms with Crippen LogP contribution in [0.15, 0.2) is 70.9 Å². The number of anilines is 1. The summed E-state index contributed by atoms with van der Waals surface area (Å²) in [6.45, 7) is 1.28. The second-order valence-corrected chi connectivity index (χ2v) is 8.43. The second kappa shape index (κ2) is 8.30. The van der Waals surface area contributed by atoms with Crippen molar-refractivity contribution in [3.8, 4) is 0 Å². The molecule has 138 valence electrons. The second-order valence-electron chi connectivity index (χ2n) is 6.58. The number of thioether (sulfide) groups is 1. The van der Waals surface area contributed by atoms with Crippen LogP contribution in [0.5, 0.6) is 0 Å². The van der Waals surface area contributed by atoms with Crippen molar-refractivity contribution in [1.82, 2.24) is 4.90 Å². The van der Waals surface area contributed by atoms with E-state index < -0.39 is 0 Å². The SMILES string of the molecule is CSc1ccccc1NC(=O)CN1CCc2sccc2[C@@H]1c1ccccc1. The highest BCUT2D eigenvalue weighted by Crippen LogP contribution is 2.37. The molecule has 0 bridgehead atoms. The number of rotatable bonds is 5. The first-order valence-corrected chi connectivity index (χ1v) is 11.1. The molecule has 1 amide bonds. The van der Waals surface area contributed by atoms with Crippen LogP contribution in [0.25, 0.3) is 0 Å². The Bertz CT molecular complexity index is 923. The number of nitrogens with one attached hydrogen (secondary N) is 1. The van der Waals surface area contributed by atoms with Gasteiger partial charge in [0.25, 0.3) is 0 Å². The van der Waals surface area contributed by atoms with Crippen molar-refractivity contribution in [2.75, 3.05) is 24.7 Å². The minimum atomic E-state index is 0.0381. The van der Waals surface area contributed by atoms with Gasteiger partial charge in [0.1, 0.15) is 0 Å². The van der Waals surface area contributed by atoms with E-state index in [0.29, 0.717) is 6.54 Å². The molecule has 3 aromatic rings. The molecule has 1 aromatic heterocycles. The summed E-state index contributed by atoms with van der Waals surface area (Å²) in [4.78, 5) is 17.6. The van der Waals surface area contributed by atoms with Gasteiger partial charge in [-0.25, -0.2) is 0 Å². The van der Waals surface area contributed by atoms with Crippen LogP contribution in [-0.2, 0) is 11.2 Å². The van der Waals surface area contributed by atoms with Crippen LogP contribution < -0.4 is 5.32 Å². The fourth-order valence-electron chi connectivity index (χ4n) is 3.69. The molecule has 1 aliphatic rings. The highest BCUT2D eigenvalue weighted by atomic mass is 32.2. The lowest BCUT2D eigenvalue weighted by Crippen LogP contribution is -2.40. The minimum Gasteiger partial charge on any atom is -0.324 e. The first kappa shape index (κ1) is 18.3. The molecule has 3 nitrogen and oxygen atoms in total. The molecule has 5 heteroatoms. The van der Waals surface area contributed by atoms with E-state index in [1.165, 1.54) is 16.0 Å². The lowest BCUT2D eigenvalue weighted by Gasteiger charge is -2.35. The summed E-state index contributed by atoms with van der Waals surface area (Å²) in [6.07, 6.45) is 3.03. The molecule has 1 atom stereocenters. The standard InChI is InChI=1S/C22H22N2OS2/c1-26-20-10-6-5-9-18(20)23-21(25)15-24-13-11-19-17(12-14-27-19)22(24)16-7-3-2-4-8-16/h2-10,12,14,22H,11,13,15H2,1H3,(H,23,25)/t22-/m0/s1. The van der Waals surface area contributed by atoms with Crippen LogP contribution in [0.4, 0.5) is 5.69 Å². The van der Waals surface area contributed by atoms with Gasteiger partial charge in [-0.2, -0.15) is 0 Å². The first-order chi connectivity index (χ1) is 13.3. The molecule has 1 N–H and O–H groups in total. The van der Waals surface area contributed by atoms with Crippen LogP contribution in [-0.4, -0.2) is 30.2 Å². The van der Waals surface area contributed by atoms with Crippen molar-refractivity contribution in [3.63, 3.8) is 0 Å². The van der Waals surface area contributed by atoms with Gasteiger partial charge in [-0.15, -0.1) is 23.1 Å². The third-order valence-corrected chi connectivity index (χ3v) is 6.70. The number of nitrogens with zero attached hydrogens (tertiary/aromatic N) is 1. The summed E-state index contributed by atoms with van der Waals surface area (Å²) in [5.41, 5.74) is 3.48. The van der Waals surface area contributed by atoms with E-state index in [1.807, 2.05) is 47.9 Å². The van der Waals surface area contributed by atoms with Crippen molar-refractivity contribution < 1.29 is 4.79 Å². The lowest BCUT2D eigenvalue weighted by atomic mass is 9.93. The van der Waals surface area contributed by atoms with Crippen molar-refractivity contribution >= 4 is 34.7 Å². The third kappa shape index (κ3) is 3.95. The fraction of sp³-hybridized carbons (Fsp3) is 0.227. The van der Waals surface area contributed by atoms with Crippen LogP contribution in [0, 0.1) is 0 Å². The fourth-order valence-corrected chi connectivity index (χ4v) is 5.14. The van der Waals surface area contributed by atoms with E-state index in [0.717, 1.165) is 23.5 Å². The summed E-state index contributed by atoms with van der Waals surface area (Å²) >= 11 is 3.47. The molecule has 27 heavy (non-hydrogen) atoms. The zero-order valence-corrected chi connectivity index (χ0v) is 16.9. The number of para-hydroxylation sites is 1. The van der Waals surface area contributed by atoms with E-state index in [1.54, 1.807) is 11.8 Å². The zero-order chi connectivity index (χ0) is 18.6. The molecule has 0 saturated carbocycles. The van der Waals surface area contributed by atoms with Crippen LogP contribution in [0.3, 0.4) is 0 Å². The van der Waals surface area contributed by atoms with Crippen molar-refractivity contribution in [1.29, 1.82) is 0 Å². The number of carbonyl (C=O) groups excluding carboxylic acids is 1. The number of hydrogen-bond acceptors (Lipinski definition) is 4. The highest BCUT2D eigenvalue weighted by Gasteiger charge is 2.30. The van der Waals surface area contributed by atoms with Crippen molar-refractivity contribution in [2.45, 2.75) is 17.4 Å². The normalized spacial score (nSPS) is 16.7. The van der Waals surface area contributed by atoms with E-state index in [9.17, 15) is 4.79 Å². The summed E-state index contributed by atoms with van der Waals surface area (Å²) in [5.74, 6) is 0.0381. The Morgan fingerprint density at radius 1 is 1.15 bits per heavy atom. The van der Waals surface area contributed by atoms with Crippen molar-refractivity contribution in [3.05, 3.63) is 82.0 Å². The molecular weight excluding hydrogens is 372 g/mol. The maximum atomic E-state index is 12.8. The molecule has 0 spiro atoms. The topological polar surface area (TPSA) is 32.3 Å². The molecule has 1 aliphatic heterocycles. The summed E-state index contributed by atoms with van der Waals surface area (Å²) in [7, 11) is 0. The molecule has 0 aliphatic carbocycles. The van der Waals surface area contributed by atoms with Gasteiger partial charge in [0, 0.05) is 16.3 Å². The molecule has 0 fully saturated rings. The third-order valence-electron chi connectivity index (χ3n) is 4.91. The van der Waals surface area contributed by atoms with Crippen LogP contribution in [0.2, 0.25) is 0 Å². The minimum absolute atomic E-state index is 0.0381. The molecule has 0 unspecified atom stereocenters. The number of benzene rings is 2.